The number of amides is 2. The van der Waals surface area contributed by atoms with Crippen molar-refractivity contribution >= 4 is 11.8 Å². The van der Waals surface area contributed by atoms with Gasteiger partial charge in [-0.3, -0.25) is 14.5 Å². The number of hydrogen-bond donors (Lipinski definition) is 1. The smallest absolute Gasteiger partial charge is 0.243 e. The summed E-state index contributed by atoms with van der Waals surface area (Å²) in [6.07, 6.45) is 5.33. The molecular formula is C20H35N3O3. The second-order valence-corrected chi connectivity index (χ2v) is 9.32. The van der Waals surface area contributed by atoms with Gasteiger partial charge in [0.15, 0.2) is 0 Å². The van der Waals surface area contributed by atoms with E-state index in [1.54, 1.807) is 0 Å². The van der Waals surface area contributed by atoms with Crippen molar-refractivity contribution in [2.75, 3.05) is 32.8 Å². The highest BCUT2D eigenvalue weighted by atomic mass is 16.5. The van der Waals surface area contributed by atoms with Gasteiger partial charge in [0.2, 0.25) is 11.8 Å². The maximum atomic E-state index is 12.8. The molecule has 3 fully saturated rings. The van der Waals surface area contributed by atoms with E-state index in [4.69, 9.17) is 4.74 Å². The lowest BCUT2D eigenvalue weighted by molar-refractivity contribution is -0.140. The van der Waals surface area contributed by atoms with E-state index in [9.17, 15) is 9.59 Å². The molecular weight excluding hydrogens is 330 g/mol. The molecule has 0 bridgehead atoms. The largest absolute Gasteiger partial charge is 0.380 e. The normalized spacial score (nSPS) is 28.5. The topological polar surface area (TPSA) is 61.9 Å². The summed E-state index contributed by atoms with van der Waals surface area (Å²) < 4.78 is 5.49. The van der Waals surface area contributed by atoms with Gasteiger partial charge in [0, 0.05) is 44.7 Å². The fraction of sp³-hybridized carbons (Fsp3) is 0.900. The van der Waals surface area contributed by atoms with Crippen molar-refractivity contribution in [3.8, 4) is 0 Å². The van der Waals surface area contributed by atoms with Crippen LogP contribution in [-0.4, -0.2) is 72.6 Å². The molecule has 3 aliphatic rings. The standard InChI is InChI=1S/C20H35N3O3/c1-20(2,3)13-18(24)23-9-4-5-17(23)19(25)21-15-6-10-22(11-7-15)16-8-12-26-14-16/h15-17H,4-14H2,1-3H3,(H,21,25)/t16-,17+/m1/s1. The molecule has 0 aliphatic carbocycles. The first-order chi connectivity index (χ1) is 12.3. The van der Waals surface area contributed by atoms with Crippen molar-refractivity contribution in [2.24, 2.45) is 5.41 Å². The van der Waals surface area contributed by atoms with E-state index in [1.807, 2.05) is 4.90 Å². The molecule has 3 saturated heterocycles. The maximum absolute atomic E-state index is 12.8. The lowest BCUT2D eigenvalue weighted by atomic mass is 9.91. The van der Waals surface area contributed by atoms with Crippen LogP contribution in [-0.2, 0) is 14.3 Å². The lowest BCUT2D eigenvalue weighted by Gasteiger charge is -2.36. The summed E-state index contributed by atoms with van der Waals surface area (Å²) in [6, 6.07) is 0.527. The maximum Gasteiger partial charge on any atom is 0.243 e. The molecule has 0 unspecified atom stereocenters. The Morgan fingerprint density at radius 2 is 1.81 bits per heavy atom. The third kappa shape index (κ3) is 4.97. The van der Waals surface area contributed by atoms with Gasteiger partial charge in [0.1, 0.15) is 6.04 Å². The highest BCUT2D eigenvalue weighted by Gasteiger charge is 2.36. The Balaban J connectivity index is 1.47. The van der Waals surface area contributed by atoms with E-state index in [1.165, 1.54) is 0 Å². The molecule has 0 aromatic carbocycles. The van der Waals surface area contributed by atoms with Crippen LogP contribution >= 0.6 is 0 Å². The van der Waals surface area contributed by atoms with Crippen molar-refractivity contribution in [3.05, 3.63) is 0 Å². The van der Waals surface area contributed by atoms with Gasteiger partial charge in [0.25, 0.3) is 0 Å². The predicted octanol–water partition coefficient (Wildman–Crippen LogP) is 1.78. The summed E-state index contributed by atoms with van der Waals surface area (Å²) >= 11 is 0. The summed E-state index contributed by atoms with van der Waals surface area (Å²) in [6.45, 7) is 10.7. The van der Waals surface area contributed by atoms with E-state index >= 15 is 0 Å². The van der Waals surface area contributed by atoms with Crippen molar-refractivity contribution in [3.63, 3.8) is 0 Å². The molecule has 6 nitrogen and oxygen atoms in total. The van der Waals surface area contributed by atoms with Gasteiger partial charge in [-0.2, -0.15) is 0 Å². The molecule has 2 amide bonds. The number of likely N-dealkylation sites (tertiary alicyclic amines) is 2. The van der Waals surface area contributed by atoms with Crippen LogP contribution in [0, 0.1) is 5.41 Å². The number of nitrogens with one attached hydrogen (secondary N) is 1. The fourth-order valence-corrected chi connectivity index (χ4v) is 4.41. The van der Waals surface area contributed by atoms with Gasteiger partial charge in [0.05, 0.1) is 6.61 Å². The zero-order valence-corrected chi connectivity index (χ0v) is 16.6. The van der Waals surface area contributed by atoms with Crippen LogP contribution in [0.2, 0.25) is 0 Å². The van der Waals surface area contributed by atoms with Crippen molar-refractivity contribution < 1.29 is 14.3 Å². The minimum Gasteiger partial charge on any atom is -0.380 e. The molecule has 0 aromatic heterocycles. The second kappa shape index (κ2) is 8.26. The summed E-state index contributed by atoms with van der Waals surface area (Å²) in [5.41, 5.74) is -0.0442. The van der Waals surface area contributed by atoms with Crippen LogP contribution in [0.4, 0.5) is 0 Å². The van der Waals surface area contributed by atoms with E-state index < -0.39 is 0 Å². The van der Waals surface area contributed by atoms with Crippen molar-refractivity contribution in [1.29, 1.82) is 0 Å². The average molecular weight is 366 g/mol. The Kier molecular flexibility index (Phi) is 6.23. The molecule has 2 atom stereocenters. The van der Waals surface area contributed by atoms with Crippen LogP contribution in [0.1, 0.15) is 59.3 Å². The molecule has 6 heteroatoms. The number of hydrogen-bond acceptors (Lipinski definition) is 4. The molecule has 0 radical (unpaired) electrons. The van der Waals surface area contributed by atoms with Crippen LogP contribution in [0.15, 0.2) is 0 Å². The van der Waals surface area contributed by atoms with Crippen LogP contribution in [0.5, 0.6) is 0 Å². The van der Waals surface area contributed by atoms with Gasteiger partial charge in [-0.05, 0) is 37.5 Å². The Labute approximate surface area is 157 Å². The molecule has 26 heavy (non-hydrogen) atoms. The minimum absolute atomic E-state index is 0.0442. The van der Waals surface area contributed by atoms with E-state index in [2.05, 4.69) is 31.0 Å². The monoisotopic (exact) mass is 365 g/mol. The second-order valence-electron chi connectivity index (χ2n) is 9.32. The number of rotatable bonds is 4. The third-order valence-corrected chi connectivity index (χ3v) is 5.86. The molecule has 1 N–H and O–H groups in total. The molecule has 3 aliphatic heterocycles. The Bertz CT molecular complexity index is 503. The first-order valence-electron chi connectivity index (χ1n) is 10.2. The van der Waals surface area contributed by atoms with Gasteiger partial charge in [-0.15, -0.1) is 0 Å². The lowest BCUT2D eigenvalue weighted by Crippen LogP contribution is -2.52. The molecule has 3 rings (SSSR count). The fourth-order valence-electron chi connectivity index (χ4n) is 4.41. The summed E-state index contributed by atoms with van der Waals surface area (Å²) in [5, 5.41) is 3.23. The zero-order valence-electron chi connectivity index (χ0n) is 16.6. The number of carbonyl (C=O) groups is 2. The Morgan fingerprint density at radius 3 is 2.42 bits per heavy atom. The van der Waals surface area contributed by atoms with Gasteiger partial charge < -0.3 is 15.0 Å². The summed E-state index contributed by atoms with van der Waals surface area (Å²) in [4.78, 5) is 29.7. The quantitative estimate of drug-likeness (QED) is 0.825. The SMILES string of the molecule is CC(C)(C)CC(=O)N1CCC[C@H]1C(=O)NC1CCN([C@@H]2CCOC2)CC1. The predicted molar refractivity (Wildman–Crippen MR) is 101 cm³/mol. The highest BCUT2D eigenvalue weighted by Crippen LogP contribution is 2.25. The van der Waals surface area contributed by atoms with E-state index in [0.717, 1.165) is 58.4 Å². The van der Waals surface area contributed by atoms with E-state index in [0.29, 0.717) is 19.0 Å². The van der Waals surface area contributed by atoms with Crippen LogP contribution < -0.4 is 5.32 Å². The van der Waals surface area contributed by atoms with Crippen molar-refractivity contribution in [1.82, 2.24) is 15.1 Å². The molecule has 0 spiro atoms. The minimum atomic E-state index is -0.272. The number of piperidine rings is 1. The Hall–Kier alpha value is -1.14. The van der Waals surface area contributed by atoms with Gasteiger partial charge in [-0.25, -0.2) is 0 Å². The Morgan fingerprint density at radius 1 is 1.08 bits per heavy atom. The van der Waals surface area contributed by atoms with E-state index in [-0.39, 0.29) is 29.3 Å². The summed E-state index contributed by atoms with van der Waals surface area (Å²) in [5.74, 6) is 0.165. The summed E-state index contributed by atoms with van der Waals surface area (Å²) in [7, 11) is 0. The number of ether oxygens (including phenoxy) is 1. The molecule has 0 saturated carbocycles. The first kappa shape index (κ1) is 19.6. The van der Waals surface area contributed by atoms with Crippen LogP contribution in [0.3, 0.4) is 0 Å². The molecule has 0 aromatic rings. The molecule has 3 heterocycles. The zero-order chi connectivity index (χ0) is 18.7. The highest BCUT2D eigenvalue weighted by molar-refractivity contribution is 5.88. The first-order valence-corrected chi connectivity index (χ1v) is 10.2. The van der Waals surface area contributed by atoms with Gasteiger partial charge >= 0.3 is 0 Å². The van der Waals surface area contributed by atoms with Crippen molar-refractivity contribution in [2.45, 2.75) is 77.4 Å². The number of carbonyl (C=O) groups excluding carboxylic acids is 2. The van der Waals surface area contributed by atoms with Crippen LogP contribution in [0.25, 0.3) is 0 Å². The van der Waals surface area contributed by atoms with Gasteiger partial charge in [-0.1, -0.05) is 20.8 Å². The number of nitrogens with zero attached hydrogens (tertiary/aromatic N) is 2. The average Bonchev–Trinajstić information content (AvgIpc) is 3.26. The third-order valence-electron chi connectivity index (χ3n) is 5.86. The molecule has 148 valence electrons.